The Morgan fingerprint density at radius 2 is 1.83 bits per heavy atom. The van der Waals surface area contributed by atoms with Gasteiger partial charge in [-0.1, -0.05) is 19.1 Å². The van der Waals surface area contributed by atoms with E-state index >= 15 is 0 Å². The monoisotopic (exact) mass is 406 g/mol. The van der Waals surface area contributed by atoms with Gasteiger partial charge in [0.1, 0.15) is 0 Å². The minimum Gasteiger partial charge on any atom is -0.342 e. The first-order valence-corrected chi connectivity index (χ1v) is 10.0. The van der Waals surface area contributed by atoms with Crippen molar-refractivity contribution >= 4 is 5.95 Å². The van der Waals surface area contributed by atoms with Crippen molar-refractivity contribution in [2.24, 2.45) is 5.92 Å². The highest BCUT2D eigenvalue weighted by Gasteiger charge is 2.30. The maximum Gasteiger partial charge on any atom is 0.416 e. The number of fused-ring (bicyclic) bond motifs is 1. The Bertz CT molecular complexity index is 915. The summed E-state index contributed by atoms with van der Waals surface area (Å²) in [7, 11) is 0. The third kappa shape index (κ3) is 4.47. The summed E-state index contributed by atoms with van der Waals surface area (Å²) in [6, 6.07) is 5.27. The lowest BCUT2D eigenvalue weighted by Gasteiger charge is -2.32. The smallest absolute Gasteiger partial charge is 0.342 e. The predicted octanol–water partition coefficient (Wildman–Crippen LogP) is 3.58. The number of alkyl halides is 3. The van der Waals surface area contributed by atoms with Crippen LogP contribution in [0, 0.1) is 5.92 Å². The van der Waals surface area contributed by atoms with Gasteiger partial charge < -0.3 is 4.90 Å². The van der Waals surface area contributed by atoms with E-state index in [9.17, 15) is 18.0 Å². The largest absolute Gasteiger partial charge is 0.416 e. The zero-order valence-electron chi connectivity index (χ0n) is 16.4. The van der Waals surface area contributed by atoms with Crippen LogP contribution in [0.1, 0.15) is 42.1 Å². The van der Waals surface area contributed by atoms with Gasteiger partial charge in [0.25, 0.3) is 5.56 Å². The van der Waals surface area contributed by atoms with Crippen molar-refractivity contribution in [1.29, 1.82) is 0 Å². The zero-order valence-corrected chi connectivity index (χ0v) is 16.4. The lowest BCUT2D eigenvalue weighted by atomic mass is 9.99. The highest BCUT2D eigenvalue weighted by Crippen LogP contribution is 2.29. The first-order valence-electron chi connectivity index (χ1n) is 10.0. The standard InChI is InChI=1S/C21H25F3N4O/c1-14-6-10-28(11-7-14)20-25-18-13-27(9-8-17(18)19(29)26-20)12-15-2-4-16(5-3-15)21(22,23)24/h2-5,14H,6-13H2,1H3,(H,25,26,29). The van der Waals surface area contributed by atoms with Crippen LogP contribution in [0.15, 0.2) is 29.1 Å². The van der Waals surface area contributed by atoms with Crippen molar-refractivity contribution in [2.45, 2.75) is 45.5 Å². The van der Waals surface area contributed by atoms with Crippen LogP contribution in [-0.4, -0.2) is 34.5 Å². The van der Waals surface area contributed by atoms with Gasteiger partial charge >= 0.3 is 6.18 Å². The molecule has 1 aromatic heterocycles. The van der Waals surface area contributed by atoms with Crippen LogP contribution in [0.25, 0.3) is 0 Å². The van der Waals surface area contributed by atoms with E-state index in [2.05, 4.69) is 21.7 Å². The molecule has 8 heteroatoms. The summed E-state index contributed by atoms with van der Waals surface area (Å²) < 4.78 is 38.2. The number of nitrogens with zero attached hydrogens (tertiary/aromatic N) is 3. The van der Waals surface area contributed by atoms with Crippen LogP contribution in [0.4, 0.5) is 19.1 Å². The highest BCUT2D eigenvalue weighted by atomic mass is 19.4. The van der Waals surface area contributed by atoms with Crippen molar-refractivity contribution in [1.82, 2.24) is 14.9 Å². The van der Waals surface area contributed by atoms with Gasteiger partial charge in [-0.05, 0) is 42.9 Å². The fourth-order valence-electron chi connectivity index (χ4n) is 4.04. The number of rotatable bonds is 3. The maximum absolute atomic E-state index is 12.7. The number of hydrogen-bond acceptors (Lipinski definition) is 4. The van der Waals surface area contributed by atoms with Gasteiger partial charge in [-0.3, -0.25) is 14.7 Å². The Hall–Kier alpha value is -2.35. The number of nitrogens with one attached hydrogen (secondary N) is 1. The molecule has 0 aliphatic carbocycles. The lowest BCUT2D eigenvalue weighted by Crippen LogP contribution is -2.39. The summed E-state index contributed by atoms with van der Waals surface area (Å²) in [6.45, 7) is 5.75. The quantitative estimate of drug-likeness (QED) is 0.847. The Labute approximate surface area is 167 Å². The van der Waals surface area contributed by atoms with E-state index in [0.717, 1.165) is 54.9 Å². The third-order valence-electron chi connectivity index (χ3n) is 5.91. The summed E-state index contributed by atoms with van der Waals surface area (Å²) in [5, 5.41) is 0. The molecule has 0 saturated carbocycles. The van der Waals surface area contributed by atoms with Crippen LogP contribution in [0.2, 0.25) is 0 Å². The Morgan fingerprint density at radius 1 is 1.14 bits per heavy atom. The maximum atomic E-state index is 12.7. The third-order valence-corrected chi connectivity index (χ3v) is 5.91. The van der Waals surface area contributed by atoms with Gasteiger partial charge in [-0.2, -0.15) is 13.2 Å². The Morgan fingerprint density at radius 3 is 2.48 bits per heavy atom. The first kappa shape index (κ1) is 19.9. The molecule has 1 aromatic carbocycles. The highest BCUT2D eigenvalue weighted by molar-refractivity contribution is 5.35. The number of halogens is 3. The van der Waals surface area contributed by atoms with Gasteiger partial charge in [0.05, 0.1) is 11.3 Å². The van der Waals surface area contributed by atoms with E-state index < -0.39 is 11.7 Å². The number of benzene rings is 1. The summed E-state index contributed by atoms with van der Waals surface area (Å²) >= 11 is 0. The Balaban J connectivity index is 1.48. The molecule has 0 bridgehead atoms. The average Bonchev–Trinajstić information content (AvgIpc) is 2.68. The molecule has 0 amide bonds. The van der Waals surface area contributed by atoms with Crippen LogP contribution < -0.4 is 10.5 Å². The molecule has 29 heavy (non-hydrogen) atoms. The van der Waals surface area contributed by atoms with Gasteiger partial charge in [0, 0.05) is 38.3 Å². The van der Waals surface area contributed by atoms with Gasteiger partial charge in [0.2, 0.25) is 5.95 Å². The summed E-state index contributed by atoms with van der Waals surface area (Å²) in [5.41, 5.74) is 1.61. The summed E-state index contributed by atoms with van der Waals surface area (Å²) in [4.78, 5) is 24.5. The minimum absolute atomic E-state index is 0.0715. The number of hydrogen-bond donors (Lipinski definition) is 1. The fraction of sp³-hybridized carbons (Fsp3) is 0.524. The van der Waals surface area contributed by atoms with Crippen molar-refractivity contribution in [3.63, 3.8) is 0 Å². The molecular weight excluding hydrogens is 381 g/mol. The van der Waals surface area contributed by atoms with Gasteiger partial charge in [-0.25, -0.2) is 4.98 Å². The van der Waals surface area contributed by atoms with E-state index in [0.29, 0.717) is 37.9 Å². The van der Waals surface area contributed by atoms with E-state index in [1.807, 2.05) is 0 Å². The zero-order chi connectivity index (χ0) is 20.6. The molecule has 0 spiro atoms. The van der Waals surface area contributed by atoms with Gasteiger partial charge in [-0.15, -0.1) is 0 Å². The molecule has 1 saturated heterocycles. The minimum atomic E-state index is -4.32. The molecule has 1 fully saturated rings. The molecule has 156 valence electrons. The average molecular weight is 406 g/mol. The molecule has 0 atom stereocenters. The first-order chi connectivity index (χ1) is 13.8. The second kappa shape index (κ2) is 7.82. The second-order valence-corrected chi connectivity index (χ2v) is 8.14. The van der Waals surface area contributed by atoms with E-state index in [-0.39, 0.29) is 5.56 Å². The lowest BCUT2D eigenvalue weighted by molar-refractivity contribution is -0.137. The molecule has 0 radical (unpaired) electrons. The van der Waals surface area contributed by atoms with E-state index in [4.69, 9.17) is 4.98 Å². The van der Waals surface area contributed by atoms with Crippen molar-refractivity contribution in [3.8, 4) is 0 Å². The van der Waals surface area contributed by atoms with Crippen LogP contribution >= 0.6 is 0 Å². The molecule has 0 unspecified atom stereocenters. The molecule has 5 nitrogen and oxygen atoms in total. The van der Waals surface area contributed by atoms with Crippen molar-refractivity contribution in [3.05, 3.63) is 57.0 Å². The van der Waals surface area contributed by atoms with Crippen LogP contribution in [-0.2, 0) is 25.7 Å². The Kier molecular flexibility index (Phi) is 5.38. The van der Waals surface area contributed by atoms with Gasteiger partial charge in [0.15, 0.2) is 0 Å². The molecule has 2 aromatic rings. The summed E-state index contributed by atoms with van der Waals surface area (Å²) in [5.74, 6) is 1.33. The van der Waals surface area contributed by atoms with E-state index in [1.54, 1.807) is 0 Å². The van der Waals surface area contributed by atoms with Crippen LogP contribution in [0.3, 0.4) is 0 Å². The molecule has 2 aliphatic rings. The summed E-state index contributed by atoms with van der Waals surface area (Å²) in [6.07, 6.45) is -1.56. The number of piperidine rings is 1. The number of aromatic amines is 1. The van der Waals surface area contributed by atoms with Crippen molar-refractivity contribution < 1.29 is 13.2 Å². The molecule has 2 aliphatic heterocycles. The number of aromatic nitrogens is 2. The number of anilines is 1. The number of H-pyrrole nitrogens is 1. The SMILES string of the molecule is CC1CCN(c2nc3c(c(=O)[nH]2)CCN(Cc2ccc(C(F)(F)F)cc2)C3)CC1. The van der Waals surface area contributed by atoms with Crippen LogP contribution in [0.5, 0.6) is 0 Å². The van der Waals surface area contributed by atoms with E-state index in [1.165, 1.54) is 12.1 Å². The predicted molar refractivity (Wildman–Crippen MR) is 105 cm³/mol. The fourth-order valence-corrected chi connectivity index (χ4v) is 4.04. The normalized spacial score (nSPS) is 18.7. The molecule has 4 rings (SSSR count). The second-order valence-electron chi connectivity index (χ2n) is 8.14. The molecular formula is C21H25F3N4O. The molecule has 1 N–H and O–H groups in total. The topological polar surface area (TPSA) is 52.2 Å². The molecule has 3 heterocycles. The van der Waals surface area contributed by atoms with Crippen molar-refractivity contribution in [2.75, 3.05) is 24.5 Å².